The van der Waals surface area contributed by atoms with E-state index in [4.69, 9.17) is 5.41 Å². The lowest BCUT2D eigenvalue weighted by atomic mass is 9.99. The minimum Gasteiger partial charge on any atom is -0.362 e. The van der Waals surface area contributed by atoms with E-state index in [0.717, 1.165) is 25.4 Å². The Labute approximate surface area is 50.0 Å². The quantitative estimate of drug-likeness (QED) is 0.413. The molecule has 45 valence electrons. The van der Waals surface area contributed by atoms with Crippen LogP contribution in [0, 0.1) is 18.3 Å². The first kappa shape index (κ1) is 5.60. The molecule has 1 heterocycles. The number of hydrogen-bond donors (Lipinski definition) is 1. The van der Waals surface area contributed by atoms with Crippen molar-refractivity contribution in [2.24, 2.45) is 5.92 Å². The second-order valence-corrected chi connectivity index (χ2v) is 2.24. The molecule has 2 heteroatoms. The van der Waals surface area contributed by atoms with Crippen molar-refractivity contribution >= 4 is 6.34 Å². The molecule has 1 rings (SSSR count). The summed E-state index contributed by atoms with van der Waals surface area (Å²) in [5, 5.41) is 6.81. The molecular weight excluding hydrogens is 100 g/mol. The molecule has 1 radical (unpaired) electrons. The van der Waals surface area contributed by atoms with Crippen LogP contribution in [-0.2, 0) is 0 Å². The Morgan fingerprint density at radius 1 is 1.75 bits per heavy atom. The summed E-state index contributed by atoms with van der Waals surface area (Å²) in [6.45, 7) is 5.87. The van der Waals surface area contributed by atoms with Gasteiger partial charge in [-0.1, -0.05) is 6.92 Å². The van der Waals surface area contributed by atoms with E-state index in [1.807, 2.05) is 4.90 Å². The van der Waals surface area contributed by atoms with Gasteiger partial charge in [0.1, 0.15) is 0 Å². The van der Waals surface area contributed by atoms with Crippen molar-refractivity contribution in [2.75, 3.05) is 13.1 Å². The van der Waals surface area contributed by atoms with E-state index < -0.39 is 0 Å². The van der Waals surface area contributed by atoms with Gasteiger partial charge in [0, 0.05) is 13.1 Å². The summed E-state index contributed by atoms with van der Waals surface area (Å²) in [6.07, 6.45) is 2.41. The highest BCUT2D eigenvalue weighted by Gasteiger charge is 2.21. The molecule has 1 aliphatic rings. The summed E-state index contributed by atoms with van der Waals surface area (Å²) in [4.78, 5) is 1.98. The molecule has 8 heavy (non-hydrogen) atoms. The molecule has 0 aromatic rings. The minimum atomic E-state index is 0.761. The highest BCUT2D eigenvalue weighted by Crippen LogP contribution is 2.15. The van der Waals surface area contributed by atoms with Crippen LogP contribution in [0.15, 0.2) is 0 Å². The van der Waals surface area contributed by atoms with Crippen molar-refractivity contribution < 1.29 is 0 Å². The summed E-state index contributed by atoms with van der Waals surface area (Å²) >= 11 is 0. The van der Waals surface area contributed by atoms with Gasteiger partial charge in [-0.05, 0) is 12.3 Å². The van der Waals surface area contributed by atoms with Gasteiger partial charge >= 0.3 is 0 Å². The fraction of sp³-hybridized carbons (Fsp3) is 0.667. The Morgan fingerprint density at radius 2 is 2.38 bits per heavy atom. The van der Waals surface area contributed by atoms with Crippen molar-refractivity contribution in [3.8, 4) is 0 Å². The van der Waals surface area contributed by atoms with Crippen LogP contribution in [0.1, 0.15) is 6.42 Å². The zero-order chi connectivity index (χ0) is 5.98. The molecule has 0 saturated carbocycles. The van der Waals surface area contributed by atoms with Gasteiger partial charge in [-0.25, -0.2) is 0 Å². The smallest absolute Gasteiger partial charge is 0.0817 e. The van der Waals surface area contributed by atoms with Gasteiger partial charge in [0.05, 0.1) is 6.34 Å². The highest BCUT2D eigenvalue weighted by atomic mass is 15.2. The highest BCUT2D eigenvalue weighted by molar-refractivity contribution is 5.51. The Balaban J connectivity index is 2.11. The lowest BCUT2D eigenvalue weighted by molar-refractivity contribution is 0.195. The van der Waals surface area contributed by atoms with Crippen molar-refractivity contribution in [3.05, 3.63) is 6.92 Å². The number of likely N-dealkylation sites (tertiary alicyclic amines) is 1. The van der Waals surface area contributed by atoms with Crippen LogP contribution in [0.25, 0.3) is 0 Å². The topological polar surface area (TPSA) is 27.1 Å². The Bertz CT molecular complexity index is 84.5. The summed E-state index contributed by atoms with van der Waals surface area (Å²) in [5.74, 6) is 0.761. The molecule has 0 atom stereocenters. The number of rotatable bonds is 2. The van der Waals surface area contributed by atoms with Crippen molar-refractivity contribution in [1.82, 2.24) is 4.90 Å². The summed E-state index contributed by atoms with van der Waals surface area (Å²) < 4.78 is 0. The minimum absolute atomic E-state index is 0.761. The van der Waals surface area contributed by atoms with Crippen LogP contribution in [0.2, 0.25) is 0 Å². The van der Waals surface area contributed by atoms with Gasteiger partial charge in [-0.2, -0.15) is 0 Å². The molecule has 0 spiro atoms. The molecule has 0 aromatic heterocycles. The third-order valence-electron chi connectivity index (χ3n) is 1.58. The molecule has 0 aromatic carbocycles. The average molecular weight is 111 g/mol. The predicted octanol–water partition coefficient (Wildman–Crippen LogP) is 0.749. The van der Waals surface area contributed by atoms with Gasteiger partial charge in [0.2, 0.25) is 0 Å². The molecule has 0 aliphatic carbocycles. The maximum atomic E-state index is 6.81. The van der Waals surface area contributed by atoms with E-state index in [1.165, 1.54) is 6.34 Å². The molecule has 1 N–H and O–H groups in total. The van der Waals surface area contributed by atoms with Gasteiger partial charge in [0.15, 0.2) is 0 Å². The number of nitrogens with one attached hydrogen (secondary N) is 1. The molecule has 2 nitrogen and oxygen atoms in total. The van der Waals surface area contributed by atoms with E-state index in [0.29, 0.717) is 0 Å². The molecule has 0 unspecified atom stereocenters. The lowest BCUT2D eigenvalue weighted by Gasteiger charge is -2.36. The van der Waals surface area contributed by atoms with E-state index in [2.05, 4.69) is 6.92 Å². The van der Waals surface area contributed by atoms with Crippen LogP contribution < -0.4 is 0 Å². The Morgan fingerprint density at radius 3 is 2.75 bits per heavy atom. The zero-order valence-electron chi connectivity index (χ0n) is 4.93. The first-order valence-corrected chi connectivity index (χ1v) is 2.90. The zero-order valence-corrected chi connectivity index (χ0v) is 4.93. The third kappa shape index (κ3) is 0.831. The fourth-order valence-corrected chi connectivity index (χ4v) is 0.898. The van der Waals surface area contributed by atoms with Crippen molar-refractivity contribution in [1.29, 1.82) is 5.41 Å². The normalized spacial score (nSPS) is 20.4. The summed E-state index contributed by atoms with van der Waals surface area (Å²) in [5.41, 5.74) is 0. The van der Waals surface area contributed by atoms with E-state index in [-0.39, 0.29) is 0 Å². The van der Waals surface area contributed by atoms with Crippen LogP contribution in [0.3, 0.4) is 0 Å². The van der Waals surface area contributed by atoms with Crippen LogP contribution in [-0.4, -0.2) is 24.3 Å². The lowest BCUT2D eigenvalue weighted by Crippen LogP contribution is -2.44. The maximum Gasteiger partial charge on any atom is 0.0817 e. The SMILES string of the molecule is [CH2]CC1CN(C=N)C1. The monoisotopic (exact) mass is 111 g/mol. The standard InChI is InChI=1S/C6H11N2/c1-2-6-3-8(4-6)5-7/h5-7H,1-4H2. The van der Waals surface area contributed by atoms with Gasteiger partial charge < -0.3 is 4.90 Å². The number of nitrogens with zero attached hydrogens (tertiary/aromatic N) is 1. The second-order valence-electron chi connectivity index (χ2n) is 2.24. The molecule has 1 saturated heterocycles. The molecule has 0 bridgehead atoms. The van der Waals surface area contributed by atoms with E-state index in [1.54, 1.807) is 0 Å². The summed E-state index contributed by atoms with van der Waals surface area (Å²) in [6, 6.07) is 0. The first-order valence-electron chi connectivity index (χ1n) is 2.90. The maximum absolute atomic E-state index is 6.81. The molecule has 1 fully saturated rings. The third-order valence-corrected chi connectivity index (χ3v) is 1.58. The van der Waals surface area contributed by atoms with Gasteiger partial charge in [0.25, 0.3) is 0 Å². The van der Waals surface area contributed by atoms with Gasteiger partial charge in [-0.3, -0.25) is 5.41 Å². The van der Waals surface area contributed by atoms with Gasteiger partial charge in [-0.15, -0.1) is 0 Å². The molecule has 1 aliphatic heterocycles. The molecule has 0 amide bonds. The first-order chi connectivity index (χ1) is 3.86. The number of hydrogen-bond acceptors (Lipinski definition) is 1. The second kappa shape index (κ2) is 2.16. The van der Waals surface area contributed by atoms with Crippen molar-refractivity contribution in [2.45, 2.75) is 6.42 Å². The fourth-order valence-electron chi connectivity index (χ4n) is 0.898. The largest absolute Gasteiger partial charge is 0.362 e. The van der Waals surface area contributed by atoms with E-state index in [9.17, 15) is 0 Å². The van der Waals surface area contributed by atoms with Crippen molar-refractivity contribution in [3.63, 3.8) is 0 Å². The van der Waals surface area contributed by atoms with Crippen LogP contribution >= 0.6 is 0 Å². The average Bonchev–Trinajstić information content (AvgIpc) is 1.65. The van der Waals surface area contributed by atoms with E-state index >= 15 is 0 Å². The Hall–Kier alpha value is -0.530. The Kier molecular flexibility index (Phi) is 1.51. The van der Waals surface area contributed by atoms with Crippen LogP contribution in [0.4, 0.5) is 0 Å². The molecular formula is C6H11N2. The summed E-state index contributed by atoms with van der Waals surface area (Å²) in [7, 11) is 0. The predicted molar refractivity (Wildman–Crippen MR) is 33.8 cm³/mol. The van der Waals surface area contributed by atoms with Crippen LogP contribution in [0.5, 0.6) is 0 Å².